The number of carbonyl (C=O) groups excluding carboxylic acids is 1. The van der Waals surface area contributed by atoms with E-state index in [0.717, 1.165) is 31.4 Å². The van der Waals surface area contributed by atoms with Crippen molar-refractivity contribution >= 4 is 5.91 Å². The molecule has 1 aromatic heterocycles. The molecule has 0 aromatic carbocycles. The second-order valence-electron chi connectivity index (χ2n) is 5.30. The second-order valence-corrected chi connectivity index (χ2v) is 5.30. The predicted octanol–water partition coefficient (Wildman–Crippen LogP) is 2.06. The summed E-state index contributed by atoms with van der Waals surface area (Å²) in [4.78, 5) is 16.4. The molecule has 2 atom stereocenters. The molecule has 0 aliphatic heterocycles. The predicted molar refractivity (Wildman–Crippen MR) is 73.9 cm³/mol. The van der Waals surface area contributed by atoms with Crippen molar-refractivity contribution in [2.45, 2.75) is 45.1 Å². The highest BCUT2D eigenvalue weighted by Crippen LogP contribution is 2.23. The highest BCUT2D eigenvalue weighted by molar-refractivity contribution is 5.95. The lowest BCUT2D eigenvalue weighted by Crippen LogP contribution is -2.41. The minimum Gasteiger partial charge on any atom is -0.396 e. The molecule has 4 heteroatoms. The lowest BCUT2D eigenvalue weighted by Gasteiger charge is -2.24. The molecule has 1 aliphatic rings. The lowest BCUT2D eigenvalue weighted by atomic mass is 9.95. The van der Waals surface area contributed by atoms with Crippen LogP contribution in [0.1, 0.15) is 48.2 Å². The van der Waals surface area contributed by atoms with Gasteiger partial charge in [0.05, 0.1) is 5.56 Å². The zero-order chi connectivity index (χ0) is 13.7. The van der Waals surface area contributed by atoms with Gasteiger partial charge in [0.15, 0.2) is 0 Å². The Bertz CT molecular complexity index is 434. The number of rotatable bonds is 3. The summed E-state index contributed by atoms with van der Waals surface area (Å²) < 4.78 is 0. The van der Waals surface area contributed by atoms with E-state index in [4.69, 9.17) is 0 Å². The summed E-state index contributed by atoms with van der Waals surface area (Å²) in [6.45, 7) is 1.99. The first-order valence-corrected chi connectivity index (χ1v) is 7.05. The van der Waals surface area contributed by atoms with Crippen LogP contribution in [0.5, 0.6) is 0 Å². The van der Waals surface area contributed by atoms with Gasteiger partial charge in [-0.1, -0.05) is 19.3 Å². The number of nitrogens with zero attached hydrogens (tertiary/aromatic N) is 1. The Labute approximate surface area is 114 Å². The largest absolute Gasteiger partial charge is 0.396 e. The maximum absolute atomic E-state index is 12.3. The van der Waals surface area contributed by atoms with Gasteiger partial charge in [0, 0.05) is 30.5 Å². The number of carbonyl (C=O) groups is 1. The summed E-state index contributed by atoms with van der Waals surface area (Å²) in [5.41, 5.74) is 1.37. The molecular formula is C15H22N2O2. The van der Waals surface area contributed by atoms with E-state index < -0.39 is 0 Å². The third-order valence-electron chi connectivity index (χ3n) is 3.96. The van der Waals surface area contributed by atoms with Crippen molar-refractivity contribution in [1.29, 1.82) is 0 Å². The van der Waals surface area contributed by atoms with E-state index in [1.54, 1.807) is 18.3 Å². The van der Waals surface area contributed by atoms with Gasteiger partial charge < -0.3 is 10.4 Å². The van der Waals surface area contributed by atoms with Crippen LogP contribution in [-0.4, -0.2) is 28.6 Å². The highest BCUT2D eigenvalue weighted by Gasteiger charge is 2.25. The fourth-order valence-corrected chi connectivity index (χ4v) is 2.76. The monoisotopic (exact) mass is 262 g/mol. The molecule has 1 heterocycles. The van der Waals surface area contributed by atoms with Crippen LogP contribution in [-0.2, 0) is 0 Å². The topological polar surface area (TPSA) is 62.2 Å². The highest BCUT2D eigenvalue weighted by atomic mass is 16.3. The molecule has 1 amide bonds. The number of hydrogen-bond donors (Lipinski definition) is 2. The molecule has 19 heavy (non-hydrogen) atoms. The maximum Gasteiger partial charge on any atom is 0.253 e. The van der Waals surface area contributed by atoms with Crippen LogP contribution in [0.2, 0.25) is 0 Å². The van der Waals surface area contributed by atoms with E-state index in [9.17, 15) is 9.90 Å². The number of aliphatic hydroxyl groups is 1. The van der Waals surface area contributed by atoms with Gasteiger partial charge in [-0.3, -0.25) is 9.78 Å². The third-order valence-corrected chi connectivity index (χ3v) is 3.96. The number of hydrogen-bond acceptors (Lipinski definition) is 3. The molecule has 2 N–H and O–H groups in total. The minimum atomic E-state index is -0.0732. The zero-order valence-corrected chi connectivity index (χ0v) is 11.4. The Morgan fingerprint density at radius 3 is 2.95 bits per heavy atom. The Kier molecular flexibility index (Phi) is 4.91. The van der Waals surface area contributed by atoms with E-state index in [1.807, 2.05) is 6.92 Å². The fraction of sp³-hybridized carbons (Fsp3) is 0.600. The molecule has 2 unspecified atom stereocenters. The lowest BCUT2D eigenvalue weighted by molar-refractivity contribution is 0.0898. The van der Waals surface area contributed by atoms with Crippen LogP contribution >= 0.6 is 0 Å². The van der Waals surface area contributed by atoms with Crippen LogP contribution in [0.15, 0.2) is 18.3 Å². The molecule has 104 valence electrons. The molecule has 2 rings (SSSR count). The number of aryl methyl sites for hydroxylation is 1. The van der Waals surface area contributed by atoms with E-state index in [0.29, 0.717) is 5.56 Å². The SMILES string of the molecule is Cc1ncccc1C(=O)NC1CCCCCC1CO. The molecular weight excluding hydrogens is 240 g/mol. The van der Waals surface area contributed by atoms with Crippen molar-refractivity contribution < 1.29 is 9.90 Å². The summed E-state index contributed by atoms with van der Waals surface area (Å²) in [6, 6.07) is 3.65. The van der Waals surface area contributed by atoms with Gasteiger partial charge >= 0.3 is 0 Å². The molecule has 1 aliphatic carbocycles. The van der Waals surface area contributed by atoms with Gasteiger partial charge in [0.1, 0.15) is 0 Å². The molecule has 1 saturated carbocycles. The van der Waals surface area contributed by atoms with Gasteiger partial charge in [0.2, 0.25) is 0 Å². The first kappa shape index (κ1) is 14.0. The van der Waals surface area contributed by atoms with Gasteiger partial charge in [-0.05, 0) is 31.9 Å². The summed E-state index contributed by atoms with van der Waals surface area (Å²) in [6.07, 6.45) is 7.09. The van der Waals surface area contributed by atoms with Gasteiger partial charge in [-0.2, -0.15) is 0 Å². The number of nitrogens with one attached hydrogen (secondary N) is 1. The molecule has 1 aromatic rings. The summed E-state index contributed by atoms with van der Waals surface area (Å²) in [5.74, 6) is 0.111. The standard InChI is InChI=1S/C15H22N2O2/c1-11-13(7-5-9-16-11)15(19)17-14-8-4-2-3-6-12(14)10-18/h5,7,9,12,14,18H,2-4,6,8,10H2,1H3,(H,17,19). The first-order valence-electron chi connectivity index (χ1n) is 7.05. The third kappa shape index (κ3) is 3.53. The van der Waals surface area contributed by atoms with Crippen molar-refractivity contribution in [3.8, 4) is 0 Å². The normalized spacial score (nSPS) is 23.7. The molecule has 0 radical (unpaired) electrons. The quantitative estimate of drug-likeness (QED) is 0.820. The van der Waals surface area contributed by atoms with Gasteiger partial charge in [0.25, 0.3) is 5.91 Å². The molecule has 0 spiro atoms. The van der Waals surface area contributed by atoms with Crippen LogP contribution in [0, 0.1) is 12.8 Å². The number of pyridine rings is 1. The maximum atomic E-state index is 12.3. The molecule has 4 nitrogen and oxygen atoms in total. The summed E-state index contributed by atoms with van der Waals surface area (Å²) in [5, 5.41) is 12.5. The number of amides is 1. The minimum absolute atomic E-state index is 0.0732. The Morgan fingerprint density at radius 1 is 1.42 bits per heavy atom. The van der Waals surface area contributed by atoms with Crippen LogP contribution < -0.4 is 5.32 Å². The van der Waals surface area contributed by atoms with Crippen molar-refractivity contribution in [2.24, 2.45) is 5.92 Å². The van der Waals surface area contributed by atoms with E-state index in [-0.39, 0.29) is 24.5 Å². The smallest absolute Gasteiger partial charge is 0.253 e. The Hall–Kier alpha value is -1.42. The van der Waals surface area contributed by atoms with Gasteiger partial charge in [-0.25, -0.2) is 0 Å². The average Bonchev–Trinajstić information content (AvgIpc) is 2.64. The number of aromatic nitrogens is 1. The van der Waals surface area contributed by atoms with Crippen LogP contribution in [0.3, 0.4) is 0 Å². The van der Waals surface area contributed by atoms with E-state index in [2.05, 4.69) is 10.3 Å². The molecule has 1 fully saturated rings. The zero-order valence-electron chi connectivity index (χ0n) is 11.4. The van der Waals surface area contributed by atoms with Crippen LogP contribution in [0.4, 0.5) is 0 Å². The van der Waals surface area contributed by atoms with Crippen LogP contribution in [0.25, 0.3) is 0 Å². The number of aliphatic hydroxyl groups excluding tert-OH is 1. The van der Waals surface area contributed by atoms with E-state index in [1.165, 1.54) is 6.42 Å². The molecule has 0 saturated heterocycles. The summed E-state index contributed by atoms with van der Waals surface area (Å²) in [7, 11) is 0. The first-order chi connectivity index (χ1) is 9.22. The van der Waals surface area contributed by atoms with Crippen molar-refractivity contribution in [1.82, 2.24) is 10.3 Å². The van der Waals surface area contributed by atoms with Crippen molar-refractivity contribution in [2.75, 3.05) is 6.61 Å². The fourth-order valence-electron chi connectivity index (χ4n) is 2.76. The second kappa shape index (κ2) is 6.66. The molecule has 0 bridgehead atoms. The Morgan fingerprint density at radius 2 is 2.21 bits per heavy atom. The van der Waals surface area contributed by atoms with Crippen molar-refractivity contribution in [3.05, 3.63) is 29.6 Å². The van der Waals surface area contributed by atoms with Crippen molar-refractivity contribution in [3.63, 3.8) is 0 Å². The average molecular weight is 262 g/mol. The summed E-state index contributed by atoms with van der Waals surface area (Å²) >= 11 is 0. The van der Waals surface area contributed by atoms with Gasteiger partial charge in [-0.15, -0.1) is 0 Å². The Balaban J connectivity index is 2.06. The van der Waals surface area contributed by atoms with E-state index >= 15 is 0 Å².